The number of allylic oxidation sites excluding steroid dienone is 1. The number of ether oxygens (including phenoxy) is 2. The number of nitrogens with zero attached hydrogens (tertiary/aromatic N) is 2. The molecule has 0 saturated heterocycles. The second-order valence-corrected chi connectivity index (χ2v) is 6.60. The zero-order valence-electron chi connectivity index (χ0n) is 15.9. The molecule has 0 radical (unpaired) electrons. The van der Waals surface area contributed by atoms with Crippen molar-refractivity contribution in [2.24, 2.45) is 0 Å². The van der Waals surface area contributed by atoms with Crippen molar-refractivity contribution in [1.82, 2.24) is 15.1 Å². The second-order valence-electron chi connectivity index (χ2n) is 6.60. The lowest BCUT2D eigenvalue weighted by atomic mass is 10.0. The van der Waals surface area contributed by atoms with Crippen LogP contribution in [0.4, 0.5) is 0 Å². The summed E-state index contributed by atoms with van der Waals surface area (Å²) in [6.07, 6.45) is 6.40. The lowest BCUT2D eigenvalue weighted by molar-refractivity contribution is -0.118. The predicted octanol–water partition coefficient (Wildman–Crippen LogP) is 2.12. The highest BCUT2D eigenvalue weighted by Gasteiger charge is 2.23. The van der Waals surface area contributed by atoms with Crippen LogP contribution in [0.1, 0.15) is 30.6 Å². The molecule has 144 valence electrons. The minimum atomic E-state index is -0.391. The summed E-state index contributed by atoms with van der Waals surface area (Å²) in [6, 6.07) is 4.79. The van der Waals surface area contributed by atoms with Crippen molar-refractivity contribution < 1.29 is 19.1 Å². The lowest BCUT2D eigenvalue weighted by Crippen LogP contribution is -2.44. The standard InChI is InChI=1S/C20H25N3O4/c1-4-23-9-5-6-16(11-23)20(25)21-12-22(3)14(2)19(24)15-7-8-17-18(10-15)27-13-26-17/h5,7-11,14H,4,6,12-13H2,1-3H3,(H,21,25). The molecule has 2 aliphatic heterocycles. The molecule has 1 aromatic carbocycles. The first-order valence-corrected chi connectivity index (χ1v) is 9.05. The first-order valence-electron chi connectivity index (χ1n) is 9.05. The number of nitrogens with one attached hydrogen (secondary N) is 1. The molecule has 0 bridgehead atoms. The Morgan fingerprint density at radius 2 is 2.07 bits per heavy atom. The zero-order valence-corrected chi connectivity index (χ0v) is 15.9. The summed E-state index contributed by atoms with van der Waals surface area (Å²) < 4.78 is 10.6. The molecular formula is C20H25N3O4. The number of benzene rings is 1. The van der Waals surface area contributed by atoms with Crippen molar-refractivity contribution >= 4 is 11.7 Å². The van der Waals surface area contributed by atoms with Crippen LogP contribution in [-0.4, -0.2) is 54.6 Å². The molecule has 7 heteroatoms. The van der Waals surface area contributed by atoms with Crippen LogP contribution in [-0.2, 0) is 4.79 Å². The molecule has 1 aromatic rings. The van der Waals surface area contributed by atoms with Gasteiger partial charge < -0.3 is 19.7 Å². The van der Waals surface area contributed by atoms with Crippen LogP contribution in [0.25, 0.3) is 0 Å². The minimum absolute atomic E-state index is 0.0398. The highest BCUT2D eigenvalue weighted by molar-refractivity contribution is 6.00. The van der Waals surface area contributed by atoms with Crippen molar-refractivity contribution in [3.63, 3.8) is 0 Å². The van der Waals surface area contributed by atoms with Gasteiger partial charge in [0.1, 0.15) is 0 Å². The Balaban J connectivity index is 1.56. The number of rotatable bonds is 7. The topological polar surface area (TPSA) is 71.1 Å². The fraction of sp³-hybridized carbons (Fsp3) is 0.400. The first kappa shape index (κ1) is 19.0. The number of carbonyl (C=O) groups excluding carboxylic acids is 2. The van der Waals surface area contributed by atoms with E-state index >= 15 is 0 Å². The number of carbonyl (C=O) groups is 2. The second kappa shape index (κ2) is 8.26. The van der Waals surface area contributed by atoms with Crippen molar-refractivity contribution in [1.29, 1.82) is 0 Å². The summed E-state index contributed by atoms with van der Waals surface area (Å²) in [5.41, 5.74) is 1.27. The zero-order chi connectivity index (χ0) is 19.4. The van der Waals surface area contributed by atoms with E-state index in [9.17, 15) is 9.59 Å². The molecule has 0 fully saturated rings. The molecule has 1 atom stereocenters. The van der Waals surface area contributed by atoms with Gasteiger partial charge in [0.15, 0.2) is 17.3 Å². The monoisotopic (exact) mass is 371 g/mol. The Kier molecular flexibility index (Phi) is 5.81. The molecule has 1 N–H and O–H groups in total. The SMILES string of the molecule is CCN1C=CCC(C(=O)NCN(C)C(C)C(=O)c2ccc3c(c2)OCO3)=C1. The maximum Gasteiger partial charge on any atom is 0.249 e. The van der Waals surface area contributed by atoms with Crippen LogP contribution in [0.15, 0.2) is 42.2 Å². The van der Waals surface area contributed by atoms with Gasteiger partial charge in [-0.3, -0.25) is 14.5 Å². The fourth-order valence-corrected chi connectivity index (χ4v) is 2.90. The van der Waals surface area contributed by atoms with E-state index < -0.39 is 6.04 Å². The van der Waals surface area contributed by atoms with Crippen LogP contribution < -0.4 is 14.8 Å². The average molecular weight is 371 g/mol. The van der Waals surface area contributed by atoms with Gasteiger partial charge in [0, 0.05) is 23.9 Å². The van der Waals surface area contributed by atoms with Crippen LogP contribution in [0.5, 0.6) is 11.5 Å². The third kappa shape index (κ3) is 4.31. The van der Waals surface area contributed by atoms with Crippen molar-refractivity contribution in [3.8, 4) is 11.5 Å². The summed E-state index contributed by atoms with van der Waals surface area (Å²) in [4.78, 5) is 28.9. The number of Topliss-reactive ketones (excluding diaryl/α,β-unsaturated/α-hetero) is 1. The van der Waals surface area contributed by atoms with Crippen LogP contribution >= 0.6 is 0 Å². The number of ketones is 1. The van der Waals surface area contributed by atoms with E-state index in [4.69, 9.17) is 9.47 Å². The highest BCUT2D eigenvalue weighted by Crippen LogP contribution is 2.32. The van der Waals surface area contributed by atoms with Gasteiger partial charge in [0.05, 0.1) is 12.7 Å². The van der Waals surface area contributed by atoms with Crippen LogP contribution in [0.3, 0.4) is 0 Å². The average Bonchev–Trinajstić information content (AvgIpc) is 3.18. The number of hydrogen-bond donors (Lipinski definition) is 1. The van der Waals surface area contributed by atoms with Gasteiger partial charge in [0.25, 0.3) is 0 Å². The van der Waals surface area contributed by atoms with Crippen LogP contribution in [0.2, 0.25) is 0 Å². The highest BCUT2D eigenvalue weighted by atomic mass is 16.7. The van der Waals surface area contributed by atoms with E-state index in [0.717, 1.165) is 6.54 Å². The number of likely N-dealkylation sites (N-methyl/N-ethyl adjacent to an activating group) is 1. The Hall–Kier alpha value is -2.80. The van der Waals surface area contributed by atoms with Gasteiger partial charge in [-0.05, 0) is 51.7 Å². The number of fused-ring (bicyclic) bond motifs is 1. The summed E-state index contributed by atoms with van der Waals surface area (Å²) in [6.45, 7) is 5.12. The fourth-order valence-electron chi connectivity index (χ4n) is 2.90. The number of amides is 1. The maximum atomic E-state index is 12.7. The Labute approximate surface area is 159 Å². The summed E-state index contributed by atoms with van der Waals surface area (Å²) in [5.74, 6) is 1.08. The Morgan fingerprint density at radius 1 is 1.30 bits per heavy atom. The molecule has 27 heavy (non-hydrogen) atoms. The first-order chi connectivity index (χ1) is 13.0. The minimum Gasteiger partial charge on any atom is -0.454 e. The van der Waals surface area contributed by atoms with Gasteiger partial charge in [-0.2, -0.15) is 0 Å². The predicted molar refractivity (Wildman–Crippen MR) is 101 cm³/mol. The summed E-state index contributed by atoms with van der Waals surface area (Å²) in [5, 5.41) is 2.89. The van der Waals surface area contributed by atoms with E-state index in [1.54, 1.807) is 18.2 Å². The van der Waals surface area contributed by atoms with E-state index in [2.05, 4.69) is 5.32 Å². The Bertz CT molecular complexity index is 787. The molecule has 2 aliphatic rings. The molecule has 0 spiro atoms. The normalized spacial score (nSPS) is 16.3. The van der Waals surface area contributed by atoms with Crippen molar-refractivity contribution in [2.45, 2.75) is 26.3 Å². The van der Waals surface area contributed by atoms with Gasteiger partial charge in [-0.25, -0.2) is 0 Å². The molecular weight excluding hydrogens is 346 g/mol. The quantitative estimate of drug-likeness (QED) is 0.585. The Morgan fingerprint density at radius 3 is 2.85 bits per heavy atom. The number of hydrogen-bond acceptors (Lipinski definition) is 6. The third-order valence-corrected chi connectivity index (χ3v) is 4.80. The van der Waals surface area contributed by atoms with E-state index in [0.29, 0.717) is 29.1 Å². The van der Waals surface area contributed by atoms with E-state index in [-0.39, 0.29) is 25.2 Å². The smallest absolute Gasteiger partial charge is 0.249 e. The molecule has 1 unspecified atom stereocenters. The van der Waals surface area contributed by atoms with Gasteiger partial charge >= 0.3 is 0 Å². The molecule has 0 aliphatic carbocycles. The largest absolute Gasteiger partial charge is 0.454 e. The van der Waals surface area contributed by atoms with Gasteiger partial charge in [0.2, 0.25) is 12.7 Å². The van der Waals surface area contributed by atoms with Crippen LogP contribution in [0, 0.1) is 0 Å². The molecule has 0 aromatic heterocycles. The summed E-state index contributed by atoms with van der Waals surface area (Å²) in [7, 11) is 1.81. The molecule has 1 amide bonds. The van der Waals surface area contributed by atoms with Crippen molar-refractivity contribution in [3.05, 3.63) is 47.8 Å². The van der Waals surface area contributed by atoms with Crippen molar-refractivity contribution in [2.75, 3.05) is 27.1 Å². The molecule has 0 saturated carbocycles. The molecule has 2 heterocycles. The van der Waals surface area contributed by atoms with Gasteiger partial charge in [-0.1, -0.05) is 6.08 Å². The summed E-state index contributed by atoms with van der Waals surface area (Å²) >= 11 is 0. The molecule has 7 nitrogen and oxygen atoms in total. The third-order valence-electron chi connectivity index (χ3n) is 4.80. The van der Waals surface area contributed by atoms with Gasteiger partial charge in [-0.15, -0.1) is 0 Å². The van der Waals surface area contributed by atoms with E-state index in [1.807, 2.05) is 49.2 Å². The maximum absolute atomic E-state index is 12.7. The lowest BCUT2D eigenvalue weighted by Gasteiger charge is -2.25. The van der Waals surface area contributed by atoms with E-state index in [1.165, 1.54) is 0 Å². The molecule has 3 rings (SSSR count).